The van der Waals surface area contributed by atoms with Crippen molar-refractivity contribution in [3.63, 3.8) is 0 Å². The van der Waals surface area contributed by atoms with Crippen LogP contribution in [0.4, 0.5) is 0 Å². The van der Waals surface area contributed by atoms with Crippen molar-refractivity contribution in [1.82, 2.24) is 0 Å². The van der Waals surface area contributed by atoms with E-state index in [1.807, 2.05) is 0 Å². The number of carbonyl (C=O) groups is 2. The summed E-state index contributed by atoms with van der Waals surface area (Å²) in [7, 11) is 0. The molecule has 0 spiro atoms. The Hall–Kier alpha value is 0.0543. The first kappa shape index (κ1) is 10.9. The minimum Gasteiger partial charge on any atom is -0.303 e. The maximum Gasteiger partial charge on any atom is 0.120 e. The van der Waals surface area contributed by atoms with Gasteiger partial charge in [0.05, 0.1) is 0 Å². The van der Waals surface area contributed by atoms with Crippen molar-refractivity contribution in [3.05, 3.63) is 0 Å². The van der Waals surface area contributed by atoms with E-state index in [2.05, 4.69) is 0 Å². The van der Waals surface area contributed by atoms with Gasteiger partial charge in [-0.05, 0) is 6.42 Å². The van der Waals surface area contributed by atoms with Crippen molar-refractivity contribution in [2.45, 2.75) is 19.3 Å². The summed E-state index contributed by atoms with van der Waals surface area (Å²) in [6.07, 6.45) is 3.37. The molecule has 0 fully saturated rings. The molecule has 0 saturated heterocycles. The SMILES string of the molecule is O=CCCCC=O.[Ti]. The van der Waals surface area contributed by atoms with Crippen LogP contribution in [0.5, 0.6) is 0 Å². The monoisotopic (exact) mass is 148 g/mol. The Kier molecular flexibility index (Phi) is 13.8. The molecular weight excluding hydrogens is 140 g/mol. The molecule has 0 bridgehead atoms. The molecule has 0 rings (SSSR count). The Bertz CT molecular complexity index is 55.4. The Morgan fingerprint density at radius 1 is 1.00 bits per heavy atom. The quantitative estimate of drug-likeness (QED) is 0.331. The molecule has 8 heavy (non-hydrogen) atoms. The normalized spacial score (nSPS) is 7.00. The van der Waals surface area contributed by atoms with E-state index in [0.717, 1.165) is 12.6 Å². The molecule has 0 aromatic heterocycles. The van der Waals surface area contributed by atoms with E-state index in [0.29, 0.717) is 19.3 Å². The van der Waals surface area contributed by atoms with Gasteiger partial charge in [-0.1, -0.05) is 0 Å². The molecule has 0 unspecified atom stereocenters. The smallest absolute Gasteiger partial charge is 0.120 e. The van der Waals surface area contributed by atoms with Gasteiger partial charge in [0.1, 0.15) is 12.6 Å². The van der Waals surface area contributed by atoms with Crippen molar-refractivity contribution in [3.8, 4) is 0 Å². The van der Waals surface area contributed by atoms with Crippen LogP contribution in [0.25, 0.3) is 0 Å². The second-order valence-electron chi connectivity index (χ2n) is 1.26. The van der Waals surface area contributed by atoms with Crippen molar-refractivity contribution in [2.75, 3.05) is 0 Å². The van der Waals surface area contributed by atoms with Gasteiger partial charge in [0.15, 0.2) is 0 Å². The molecule has 2 nitrogen and oxygen atoms in total. The summed E-state index contributed by atoms with van der Waals surface area (Å²) in [6, 6.07) is 0. The summed E-state index contributed by atoms with van der Waals surface area (Å²) >= 11 is 0. The van der Waals surface area contributed by atoms with Crippen LogP contribution in [-0.4, -0.2) is 12.6 Å². The van der Waals surface area contributed by atoms with E-state index in [9.17, 15) is 9.59 Å². The molecule has 0 aromatic carbocycles. The van der Waals surface area contributed by atoms with Gasteiger partial charge in [0.2, 0.25) is 0 Å². The van der Waals surface area contributed by atoms with Crippen molar-refractivity contribution in [1.29, 1.82) is 0 Å². The molecule has 0 N–H and O–H groups in total. The molecule has 0 amide bonds. The van der Waals surface area contributed by atoms with Crippen LogP contribution in [0, 0.1) is 0 Å². The summed E-state index contributed by atoms with van der Waals surface area (Å²) in [5.41, 5.74) is 0. The van der Waals surface area contributed by atoms with Crippen molar-refractivity contribution >= 4 is 12.6 Å². The standard InChI is InChI=1S/C5H8O2.Ti/c6-4-2-1-3-5-7;/h4-5H,1-3H2;. The van der Waals surface area contributed by atoms with Gasteiger partial charge < -0.3 is 9.59 Å². The van der Waals surface area contributed by atoms with Crippen LogP contribution in [-0.2, 0) is 31.3 Å². The molecule has 0 aromatic rings. The Balaban J connectivity index is 0. The number of unbranched alkanes of at least 4 members (excludes halogenated alkanes) is 2. The summed E-state index contributed by atoms with van der Waals surface area (Å²) in [5, 5.41) is 0. The van der Waals surface area contributed by atoms with E-state index in [4.69, 9.17) is 0 Å². The average molecular weight is 148 g/mol. The van der Waals surface area contributed by atoms with Crippen LogP contribution in [0.15, 0.2) is 0 Å². The van der Waals surface area contributed by atoms with E-state index < -0.39 is 0 Å². The Morgan fingerprint density at radius 2 is 1.38 bits per heavy atom. The van der Waals surface area contributed by atoms with E-state index >= 15 is 0 Å². The van der Waals surface area contributed by atoms with Gasteiger partial charge in [-0.2, -0.15) is 0 Å². The van der Waals surface area contributed by atoms with Gasteiger partial charge >= 0.3 is 0 Å². The van der Waals surface area contributed by atoms with Gasteiger partial charge in [-0.3, -0.25) is 0 Å². The van der Waals surface area contributed by atoms with E-state index in [-0.39, 0.29) is 21.7 Å². The molecule has 0 heterocycles. The summed E-state index contributed by atoms with van der Waals surface area (Å²) in [5.74, 6) is 0. The van der Waals surface area contributed by atoms with E-state index in [1.54, 1.807) is 0 Å². The van der Waals surface area contributed by atoms with Gasteiger partial charge in [-0.15, -0.1) is 0 Å². The fourth-order valence-corrected chi connectivity index (χ4v) is 0.285. The van der Waals surface area contributed by atoms with E-state index in [1.165, 1.54) is 0 Å². The Morgan fingerprint density at radius 3 is 1.62 bits per heavy atom. The second kappa shape index (κ2) is 10.1. The van der Waals surface area contributed by atoms with Crippen molar-refractivity contribution < 1.29 is 31.3 Å². The van der Waals surface area contributed by atoms with Crippen LogP contribution in [0.3, 0.4) is 0 Å². The predicted octanol–water partition coefficient (Wildman–Crippen LogP) is 0.552. The second-order valence-corrected chi connectivity index (χ2v) is 1.26. The maximum absolute atomic E-state index is 9.56. The fraction of sp³-hybridized carbons (Fsp3) is 0.600. The van der Waals surface area contributed by atoms with Gasteiger partial charge in [0, 0.05) is 34.6 Å². The maximum atomic E-state index is 9.56. The summed E-state index contributed by atoms with van der Waals surface area (Å²) in [4.78, 5) is 19.1. The first-order chi connectivity index (χ1) is 3.41. The number of carbonyl (C=O) groups excluding carboxylic acids is 2. The minimum atomic E-state index is 0. The van der Waals surface area contributed by atoms with Crippen molar-refractivity contribution in [2.24, 2.45) is 0 Å². The first-order valence-corrected chi connectivity index (χ1v) is 2.29. The van der Waals surface area contributed by atoms with Crippen LogP contribution < -0.4 is 0 Å². The molecule has 0 aliphatic carbocycles. The van der Waals surface area contributed by atoms with Gasteiger partial charge in [-0.25, -0.2) is 0 Å². The average Bonchev–Trinajstić information content (AvgIpc) is 1.69. The fourth-order valence-electron chi connectivity index (χ4n) is 0.285. The number of hydrogen-bond donors (Lipinski definition) is 0. The molecule has 3 heteroatoms. The van der Waals surface area contributed by atoms with Crippen LogP contribution >= 0.6 is 0 Å². The molecule has 44 valence electrons. The van der Waals surface area contributed by atoms with Gasteiger partial charge in [0.25, 0.3) is 0 Å². The third-order valence-corrected chi connectivity index (χ3v) is 0.644. The molecular formula is C5H8O2Ti. The molecule has 0 aliphatic rings. The third kappa shape index (κ3) is 9.41. The topological polar surface area (TPSA) is 34.1 Å². The third-order valence-electron chi connectivity index (χ3n) is 0.644. The zero-order valence-electron chi connectivity index (χ0n) is 4.59. The van der Waals surface area contributed by atoms with Crippen LogP contribution in [0.2, 0.25) is 0 Å². The first-order valence-electron chi connectivity index (χ1n) is 2.29. The zero-order chi connectivity index (χ0) is 5.54. The largest absolute Gasteiger partial charge is 0.303 e. The zero-order valence-corrected chi connectivity index (χ0v) is 6.15. The predicted molar refractivity (Wildman–Crippen MR) is 26.0 cm³/mol. The number of hydrogen-bond acceptors (Lipinski definition) is 2. The molecule has 0 aliphatic heterocycles. The Labute approximate surface area is 63.5 Å². The summed E-state index contributed by atoms with van der Waals surface area (Å²) in [6.45, 7) is 0. The number of rotatable bonds is 4. The molecule has 0 atom stereocenters. The molecule has 0 saturated carbocycles. The molecule has 0 radical (unpaired) electrons. The number of aldehydes is 2. The summed E-state index contributed by atoms with van der Waals surface area (Å²) < 4.78 is 0. The van der Waals surface area contributed by atoms with Crippen LogP contribution in [0.1, 0.15) is 19.3 Å². The minimum absolute atomic E-state index is 0.